The summed E-state index contributed by atoms with van der Waals surface area (Å²) in [6.45, 7) is 9.51. The second-order valence-electron chi connectivity index (χ2n) is 6.70. The van der Waals surface area contributed by atoms with E-state index < -0.39 is 0 Å². The van der Waals surface area contributed by atoms with Crippen molar-refractivity contribution in [2.24, 2.45) is 10.9 Å². The van der Waals surface area contributed by atoms with Crippen LogP contribution in [0.1, 0.15) is 35.0 Å². The number of guanidine groups is 1. The maximum absolute atomic E-state index is 5.80. The number of hydrogen-bond donors (Lipinski definition) is 2. The van der Waals surface area contributed by atoms with Gasteiger partial charge in [0.05, 0.1) is 23.9 Å². The number of hydrogen-bond acceptors (Lipinski definition) is 4. The van der Waals surface area contributed by atoms with Crippen molar-refractivity contribution in [1.29, 1.82) is 0 Å². The van der Waals surface area contributed by atoms with E-state index in [1.54, 1.807) is 18.4 Å². The highest BCUT2D eigenvalue weighted by molar-refractivity contribution is 7.11. The normalized spacial score (nSPS) is 12.8. The molecule has 27 heavy (non-hydrogen) atoms. The maximum Gasteiger partial charge on any atom is 0.191 e. The van der Waals surface area contributed by atoms with Crippen molar-refractivity contribution in [3.8, 4) is 0 Å². The average Bonchev–Trinajstić information content (AvgIpc) is 3.05. The van der Waals surface area contributed by atoms with Crippen LogP contribution >= 0.6 is 11.3 Å². The van der Waals surface area contributed by atoms with E-state index in [0.29, 0.717) is 12.5 Å². The lowest BCUT2D eigenvalue weighted by molar-refractivity contribution is 0.0931. The molecule has 0 fully saturated rings. The minimum absolute atomic E-state index is 0.404. The predicted molar refractivity (Wildman–Crippen MR) is 115 cm³/mol. The molecule has 1 atom stereocenters. The van der Waals surface area contributed by atoms with Crippen molar-refractivity contribution in [1.82, 2.24) is 15.6 Å². The number of nitrogens with zero attached hydrogens (tertiary/aromatic N) is 2. The lowest BCUT2D eigenvalue weighted by atomic mass is 10.2. The Hall–Kier alpha value is -1.92. The number of nitrogens with one attached hydrogen (secondary N) is 2. The minimum Gasteiger partial charge on any atom is -0.376 e. The zero-order valence-corrected chi connectivity index (χ0v) is 17.7. The third-order valence-corrected chi connectivity index (χ3v) is 5.33. The van der Waals surface area contributed by atoms with E-state index in [2.05, 4.69) is 53.5 Å². The van der Waals surface area contributed by atoms with Crippen LogP contribution in [-0.2, 0) is 24.2 Å². The van der Waals surface area contributed by atoms with Gasteiger partial charge in [-0.2, -0.15) is 0 Å². The van der Waals surface area contributed by atoms with Gasteiger partial charge in [-0.25, -0.2) is 4.98 Å². The zero-order valence-electron chi connectivity index (χ0n) is 16.9. The average molecular weight is 389 g/mol. The van der Waals surface area contributed by atoms with Gasteiger partial charge < -0.3 is 15.4 Å². The molecule has 0 bridgehead atoms. The summed E-state index contributed by atoms with van der Waals surface area (Å²) < 4.78 is 5.80. The Kier molecular flexibility index (Phi) is 9.28. The van der Waals surface area contributed by atoms with Gasteiger partial charge in [0.1, 0.15) is 0 Å². The Balaban J connectivity index is 1.62. The van der Waals surface area contributed by atoms with Gasteiger partial charge in [0.2, 0.25) is 0 Å². The van der Waals surface area contributed by atoms with E-state index in [0.717, 1.165) is 38.5 Å². The summed E-state index contributed by atoms with van der Waals surface area (Å²) in [5.41, 5.74) is 2.43. The first-order chi connectivity index (χ1) is 13.1. The molecule has 148 valence electrons. The SMILES string of the molecule is CCc1nc(CCNC(=NC)NCC(C)COCc2ccccc2)sc1C. The Morgan fingerprint density at radius 1 is 1.26 bits per heavy atom. The largest absolute Gasteiger partial charge is 0.376 e. The lowest BCUT2D eigenvalue weighted by Gasteiger charge is -2.16. The molecule has 0 aliphatic heterocycles. The van der Waals surface area contributed by atoms with E-state index in [1.807, 2.05) is 18.2 Å². The lowest BCUT2D eigenvalue weighted by Crippen LogP contribution is -2.40. The summed E-state index contributed by atoms with van der Waals surface area (Å²) in [5.74, 6) is 1.23. The van der Waals surface area contributed by atoms with E-state index >= 15 is 0 Å². The molecule has 2 rings (SSSR count). The van der Waals surface area contributed by atoms with Gasteiger partial charge >= 0.3 is 0 Å². The van der Waals surface area contributed by atoms with Crippen LogP contribution in [0.3, 0.4) is 0 Å². The summed E-state index contributed by atoms with van der Waals surface area (Å²) in [6.07, 6.45) is 1.92. The van der Waals surface area contributed by atoms with Crippen molar-refractivity contribution < 1.29 is 4.74 Å². The molecule has 0 aliphatic carbocycles. The van der Waals surface area contributed by atoms with E-state index in [4.69, 9.17) is 4.74 Å². The van der Waals surface area contributed by atoms with Crippen molar-refractivity contribution in [2.75, 3.05) is 26.7 Å². The molecule has 1 unspecified atom stereocenters. The quantitative estimate of drug-likeness (QED) is 0.482. The highest BCUT2D eigenvalue weighted by Crippen LogP contribution is 2.17. The molecule has 0 radical (unpaired) electrons. The van der Waals surface area contributed by atoms with Crippen molar-refractivity contribution in [3.63, 3.8) is 0 Å². The molecule has 1 aromatic heterocycles. The summed E-state index contributed by atoms with van der Waals surface area (Å²) in [4.78, 5) is 10.3. The van der Waals surface area contributed by atoms with Gasteiger partial charge in [0, 0.05) is 31.4 Å². The van der Waals surface area contributed by atoms with E-state index in [9.17, 15) is 0 Å². The van der Waals surface area contributed by atoms with Gasteiger partial charge in [-0.1, -0.05) is 44.2 Å². The van der Waals surface area contributed by atoms with Gasteiger partial charge in [0.25, 0.3) is 0 Å². The van der Waals surface area contributed by atoms with Crippen LogP contribution in [0.15, 0.2) is 35.3 Å². The van der Waals surface area contributed by atoms with Crippen LogP contribution < -0.4 is 10.6 Å². The van der Waals surface area contributed by atoms with Crippen molar-refractivity contribution in [3.05, 3.63) is 51.5 Å². The van der Waals surface area contributed by atoms with Crippen LogP contribution in [0.5, 0.6) is 0 Å². The highest BCUT2D eigenvalue weighted by Gasteiger charge is 2.07. The number of aromatic nitrogens is 1. The highest BCUT2D eigenvalue weighted by atomic mass is 32.1. The molecular weight excluding hydrogens is 356 g/mol. The first kappa shape index (κ1) is 21.4. The van der Waals surface area contributed by atoms with Crippen molar-refractivity contribution in [2.45, 2.75) is 40.2 Å². The minimum atomic E-state index is 0.404. The molecule has 2 aromatic rings. The summed E-state index contributed by atoms with van der Waals surface area (Å²) >= 11 is 1.80. The van der Waals surface area contributed by atoms with Crippen LogP contribution in [0.25, 0.3) is 0 Å². The first-order valence-electron chi connectivity index (χ1n) is 9.63. The smallest absolute Gasteiger partial charge is 0.191 e. The molecule has 0 amide bonds. The Morgan fingerprint density at radius 2 is 2.04 bits per heavy atom. The fraction of sp³-hybridized carbons (Fsp3) is 0.524. The fourth-order valence-electron chi connectivity index (χ4n) is 2.71. The molecular formula is C21H32N4OS. The molecule has 0 spiro atoms. The number of rotatable bonds is 10. The van der Waals surface area contributed by atoms with E-state index in [-0.39, 0.29) is 0 Å². The summed E-state index contributed by atoms with van der Waals surface area (Å²) in [5, 5.41) is 7.93. The Labute approximate surface area is 167 Å². The summed E-state index contributed by atoms with van der Waals surface area (Å²) in [6, 6.07) is 10.3. The van der Waals surface area contributed by atoms with Gasteiger partial charge in [-0.3, -0.25) is 4.99 Å². The van der Waals surface area contributed by atoms with Gasteiger partial charge in [-0.05, 0) is 24.8 Å². The topological polar surface area (TPSA) is 58.5 Å². The Bertz CT molecular complexity index is 699. The molecule has 1 heterocycles. The molecule has 0 saturated carbocycles. The predicted octanol–water partition coefficient (Wildman–Crippen LogP) is 3.57. The second-order valence-corrected chi connectivity index (χ2v) is 7.99. The number of thiazole rings is 1. The molecule has 0 aliphatic rings. The van der Waals surface area contributed by atoms with Crippen LogP contribution in [0.2, 0.25) is 0 Å². The van der Waals surface area contributed by atoms with Gasteiger partial charge in [-0.15, -0.1) is 11.3 Å². The third kappa shape index (κ3) is 7.69. The molecule has 0 saturated heterocycles. The third-order valence-electron chi connectivity index (χ3n) is 4.26. The standard InChI is InChI=1S/C21H32N4OS/c1-5-19-17(3)27-20(25-19)11-12-23-21(22-4)24-13-16(2)14-26-15-18-9-7-6-8-10-18/h6-10,16H,5,11-15H2,1-4H3,(H2,22,23,24). The number of aliphatic imine (C=N–C) groups is 1. The molecule has 2 N–H and O–H groups in total. The molecule has 5 nitrogen and oxygen atoms in total. The second kappa shape index (κ2) is 11.7. The van der Waals surface area contributed by atoms with Crippen molar-refractivity contribution >= 4 is 17.3 Å². The number of ether oxygens (including phenoxy) is 1. The number of aryl methyl sites for hydroxylation is 2. The zero-order chi connectivity index (χ0) is 19.5. The summed E-state index contributed by atoms with van der Waals surface area (Å²) in [7, 11) is 1.80. The van der Waals surface area contributed by atoms with Gasteiger partial charge in [0.15, 0.2) is 5.96 Å². The van der Waals surface area contributed by atoms with E-state index in [1.165, 1.54) is 21.1 Å². The monoisotopic (exact) mass is 388 g/mol. The molecule has 1 aromatic carbocycles. The van der Waals surface area contributed by atoms with Crippen LogP contribution in [0.4, 0.5) is 0 Å². The fourth-order valence-corrected chi connectivity index (χ4v) is 3.73. The maximum atomic E-state index is 5.80. The van der Waals surface area contributed by atoms with Crippen LogP contribution in [-0.4, -0.2) is 37.7 Å². The molecule has 6 heteroatoms. The Morgan fingerprint density at radius 3 is 2.70 bits per heavy atom. The first-order valence-corrected chi connectivity index (χ1v) is 10.4. The van der Waals surface area contributed by atoms with Crippen LogP contribution in [0, 0.1) is 12.8 Å². The number of benzene rings is 1.